The van der Waals surface area contributed by atoms with Crippen LogP contribution in [-0.2, 0) is 16.4 Å². The molecule has 8 heteroatoms. The van der Waals surface area contributed by atoms with Gasteiger partial charge in [0.15, 0.2) is 10.8 Å². The zero-order valence-electron chi connectivity index (χ0n) is 11.3. The molecule has 1 aromatic heterocycles. The molecule has 3 heterocycles. The molecule has 0 unspecified atom stereocenters. The largest absolute Gasteiger partial charge is 0.337 e. The molecule has 0 bridgehead atoms. The van der Waals surface area contributed by atoms with Crippen molar-refractivity contribution < 1.29 is 13.2 Å². The second-order valence-corrected chi connectivity index (χ2v) is 8.19. The average molecular weight is 315 g/mol. The van der Waals surface area contributed by atoms with Gasteiger partial charge in [0.1, 0.15) is 0 Å². The van der Waals surface area contributed by atoms with Gasteiger partial charge in [-0.05, 0) is 25.7 Å². The molecule has 0 aromatic carbocycles. The van der Waals surface area contributed by atoms with Crippen LogP contribution in [0.5, 0.6) is 0 Å². The van der Waals surface area contributed by atoms with E-state index < -0.39 is 10.0 Å². The standard InChI is InChI=1S/C12H17N3O3S2/c1-20(17,18)15-8-4-5-9-10(15)13-11(19-9)12(16)14-6-2-3-7-14/h2-8H2,1H3. The Morgan fingerprint density at radius 1 is 1.20 bits per heavy atom. The summed E-state index contributed by atoms with van der Waals surface area (Å²) in [5, 5.41) is 0.424. The molecule has 0 spiro atoms. The highest BCUT2D eigenvalue weighted by molar-refractivity contribution is 7.92. The van der Waals surface area contributed by atoms with Gasteiger partial charge in [0.05, 0.1) is 11.1 Å². The number of nitrogens with zero attached hydrogens (tertiary/aromatic N) is 3. The van der Waals surface area contributed by atoms with Crippen LogP contribution >= 0.6 is 11.3 Å². The maximum atomic E-state index is 12.3. The SMILES string of the molecule is CS(=O)(=O)N1CCCc2sc(C(=O)N3CCCC3)nc21. The summed E-state index contributed by atoms with van der Waals surface area (Å²) >= 11 is 1.34. The summed E-state index contributed by atoms with van der Waals surface area (Å²) < 4.78 is 24.9. The number of amides is 1. The van der Waals surface area contributed by atoms with Crippen LogP contribution in [0.4, 0.5) is 5.82 Å². The van der Waals surface area contributed by atoms with Crippen molar-refractivity contribution in [3.63, 3.8) is 0 Å². The highest BCUT2D eigenvalue weighted by Gasteiger charge is 2.31. The fraction of sp³-hybridized carbons (Fsp3) is 0.667. The van der Waals surface area contributed by atoms with E-state index in [1.807, 2.05) is 0 Å². The minimum absolute atomic E-state index is 0.0599. The first-order valence-corrected chi connectivity index (χ1v) is 9.40. The molecule has 0 aliphatic carbocycles. The maximum Gasteiger partial charge on any atom is 0.282 e. The molecule has 0 radical (unpaired) electrons. The zero-order valence-corrected chi connectivity index (χ0v) is 13.0. The summed E-state index contributed by atoms with van der Waals surface area (Å²) in [6.07, 6.45) is 4.83. The van der Waals surface area contributed by atoms with Crippen molar-refractivity contribution in [1.82, 2.24) is 9.88 Å². The number of anilines is 1. The van der Waals surface area contributed by atoms with Crippen LogP contribution in [-0.4, -0.2) is 50.1 Å². The average Bonchev–Trinajstić information content (AvgIpc) is 3.05. The normalized spacial score (nSPS) is 19.2. The summed E-state index contributed by atoms with van der Waals surface area (Å²) in [4.78, 5) is 19.4. The molecule has 20 heavy (non-hydrogen) atoms. The summed E-state index contributed by atoms with van der Waals surface area (Å²) in [6.45, 7) is 2.00. The lowest BCUT2D eigenvalue weighted by Crippen LogP contribution is -2.34. The fourth-order valence-electron chi connectivity index (χ4n) is 2.66. The number of hydrogen-bond acceptors (Lipinski definition) is 5. The number of hydrogen-bond donors (Lipinski definition) is 0. The van der Waals surface area contributed by atoms with Crippen LogP contribution in [0.3, 0.4) is 0 Å². The third-order valence-electron chi connectivity index (χ3n) is 3.65. The van der Waals surface area contributed by atoms with Crippen LogP contribution < -0.4 is 4.31 Å². The van der Waals surface area contributed by atoms with Crippen LogP contribution in [0.2, 0.25) is 0 Å². The van der Waals surface area contributed by atoms with Gasteiger partial charge < -0.3 is 4.90 Å². The van der Waals surface area contributed by atoms with E-state index in [9.17, 15) is 13.2 Å². The van der Waals surface area contributed by atoms with Gasteiger partial charge in [-0.25, -0.2) is 13.4 Å². The lowest BCUT2D eigenvalue weighted by Gasteiger charge is -2.24. The molecule has 0 N–H and O–H groups in total. The smallest absolute Gasteiger partial charge is 0.282 e. The Bertz CT molecular complexity index is 632. The molecule has 1 aromatic rings. The summed E-state index contributed by atoms with van der Waals surface area (Å²) in [6, 6.07) is 0. The Morgan fingerprint density at radius 3 is 2.55 bits per heavy atom. The maximum absolute atomic E-state index is 12.3. The number of likely N-dealkylation sites (tertiary alicyclic amines) is 1. The topological polar surface area (TPSA) is 70.6 Å². The number of rotatable bonds is 2. The third kappa shape index (κ3) is 2.42. The number of fused-ring (bicyclic) bond motifs is 1. The quantitative estimate of drug-likeness (QED) is 0.819. The zero-order chi connectivity index (χ0) is 14.3. The first kappa shape index (κ1) is 13.8. The van der Waals surface area contributed by atoms with Crippen molar-refractivity contribution in [3.05, 3.63) is 9.88 Å². The number of aryl methyl sites for hydroxylation is 1. The van der Waals surface area contributed by atoms with E-state index in [1.54, 1.807) is 4.90 Å². The van der Waals surface area contributed by atoms with Gasteiger partial charge in [-0.15, -0.1) is 11.3 Å². The van der Waals surface area contributed by atoms with Gasteiger partial charge in [-0.2, -0.15) is 0 Å². The van der Waals surface area contributed by atoms with Crippen LogP contribution in [0.1, 0.15) is 33.9 Å². The van der Waals surface area contributed by atoms with E-state index in [0.717, 1.165) is 43.6 Å². The number of carbonyl (C=O) groups excluding carboxylic acids is 1. The molecule has 0 saturated carbocycles. The fourth-order valence-corrected chi connectivity index (χ4v) is 4.72. The van der Waals surface area contributed by atoms with Gasteiger partial charge in [-0.1, -0.05) is 0 Å². The van der Waals surface area contributed by atoms with E-state index in [1.165, 1.54) is 21.9 Å². The van der Waals surface area contributed by atoms with Gasteiger partial charge >= 0.3 is 0 Å². The minimum atomic E-state index is -3.32. The number of aromatic nitrogens is 1. The van der Waals surface area contributed by atoms with Crippen molar-refractivity contribution in [2.24, 2.45) is 0 Å². The van der Waals surface area contributed by atoms with Gasteiger partial charge in [0.2, 0.25) is 10.0 Å². The van der Waals surface area contributed by atoms with E-state index in [2.05, 4.69) is 4.98 Å². The second-order valence-electron chi connectivity index (χ2n) is 5.20. The number of carbonyl (C=O) groups is 1. The lowest BCUT2D eigenvalue weighted by atomic mass is 10.2. The van der Waals surface area contributed by atoms with Gasteiger partial charge in [-0.3, -0.25) is 9.10 Å². The Morgan fingerprint density at radius 2 is 1.90 bits per heavy atom. The Hall–Kier alpha value is -1.15. The van der Waals surface area contributed by atoms with Crippen molar-refractivity contribution in [2.75, 3.05) is 30.2 Å². The summed E-state index contributed by atoms with van der Waals surface area (Å²) in [7, 11) is -3.32. The highest BCUT2D eigenvalue weighted by Crippen LogP contribution is 2.33. The molecule has 3 rings (SSSR count). The van der Waals surface area contributed by atoms with Crippen LogP contribution in [0.25, 0.3) is 0 Å². The summed E-state index contributed by atoms with van der Waals surface area (Å²) in [5.74, 6) is 0.404. The molecule has 1 amide bonds. The van der Waals surface area contributed by atoms with E-state index >= 15 is 0 Å². The summed E-state index contributed by atoms with van der Waals surface area (Å²) in [5.41, 5.74) is 0. The molecular weight excluding hydrogens is 298 g/mol. The number of sulfonamides is 1. The molecule has 1 saturated heterocycles. The highest BCUT2D eigenvalue weighted by atomic mass is 32.2. The molecule has 1 fully saturated rings. The van der Waals surface area contributed by atoms with Crippen molar-refractivity contribution in [2.45, 2.75) is 25.7 Å². The molecule has 6 nitrogen and oxygen atoms in total. The molecular formula is C12H17N3O3S2. The van der Waals surface area contributed by atoms with E-state index in [0.29, 0.717) is 17.4 Å². The van der Waals surface area contributed by atoms with Crippen molar-refractivity contribution in [3.8, 4) is 0 Å². The third-order valence-corrected chi connectivity index (χ3v) is 5.90. The molecule has 0 atom stereocenters. The van der Waals surface area contributed by atoms with Crippen molar-refractivity contribution in [1.29, 1.82) is 0 Å². The first-order chi connectivity index (χ1) is 9.47. The predicted octanol–water partition coefficient (Wildman–Crippen LogP) is 1.09. The van der Waals surface area contributed by atoms with Gasteiger partial charge in [0.25, 0.3) is 5.91 Å². The molecule has 2 aliphatic heterocycles. The Labute approximate surface area is 122 Å². The second kappa shape index (κ2) is 5.00. The monoisotopic (exact) mass is 315 g/mol. The van der Waals surface area contributed by atoms with Gasteiger partial charge in [0, 0.05) is 19.6 Å². The minimum Gasteiger partial charge on any atom is -0.337 e. The predicted molar refractivity (Wildman–Crippen MR) is 77.8 cm³/mol. The van der Waals surface area contributed by atoms with E-state index in [-0.39, 0.29) is 5.91 Å². The Balaban J connectivity index is 1.93. The molecule has 2 aliphatic rings. The van der Waals surface area contributed by atoms with E-state index in [4.69, 9.17) is 0 Å². The van der Waals surface area contributed by atoms with Crippen LogP contribution in [0, 0.1) is 0 Å². The number of thiazole rings is 1. The lowest BCUT2D eigenvalue weighted by molar-refractivity contribution is 0.0792. The first-order valence-electron chi connectivity index (χ1n) is 6.73. The van der Waals surface area contributed by atoms with Crippen molar-refractivity contribution >= 4 is 33.1 Å². The molecule has 110 valence electrons. The Kier molecular flexibility index (Phi) is 3.45. The van der Waals surface area contributed by atoms with Crippen LogP contribution in [0.15, 0.2) is 0 Å².